The molecule has 34 heavy (non-hydrogen) atoms. The van der Waals surface area contributed by atoms with Crippen molar-refractivity contribution >= 4 is 0 Å². The van der Waals surface area contributed by atoms with Crippen LogP contribution in [0.15, 0.2) is 60.7 Å². The number of allylic oxidation sites excluding steroid dienone is 2. The molecule has 0 saturated heterocycles. The Hall–Kier alpha value is -3.08. The summed E-state index contributed by atoms with van der Waals surface area (Å²) in [7, 11) is 1.28. The molecule has 4 rings (SSSR count). The van der Waals surface area contributed by atoms with Crippen molar-refractivity contribution in [3.05, 3.63) is 101 Å². The van der Waals surface area contributed by atoms with Gasteiger partial charge in [0.05, 0.1) is 7.11 Å². The van der Waals surface area contributed by atoms with Crippen molar-refractivity contribution in [1.29, 1.82) is 0 Å². The van der Waals surface area contributed by atoms with Crippen molar-refractivity contribution < 1.29 is 22.3 Å². The third kappa shape index (κ3) is 4.89. The molecule has 1 nitrogen and oxygen atoms in total. The van der Waals surface area contributed by atoms with Gasteiger partial charge in [-0.2, -0.15) is 4.39 Å². The molecule has 1 aliphatic carbocycles. The minimum atomic E-state index is -1.02. The smallest absolute Gasteiger partial charge is 0.200 e. The van der Waals surface area contributed by atoms with Gasteiger partial charge in [-0.15, -0.1) is 0 Å². The van der Waals surface area contributed by atoms with Crippen LogP contribution in [0.4, 0.5) is 17.6 Å². The second kappa shape index (κ2) is 10.5. The van der Waals surface area contributed by atoms with E-state index in [0.29, 0.717) is 17.0 Å². The van der Waals surface area contributed by atoms with Gasteiger partial charge in [0, 0.05) is 12.0 Å². The predicted molar refractivity (Wildman–Crippen MR) is 127 cm³/mol. The van der Waals surface area contributed by atoms with Crippen molar-refractivity contribution in [2.45, 2.75) is 44.9 Å². The molecule has 1 aliphatic rings. The first-order valence-electron chi connectivity index (χ1n) is 11.6. The Kier molecular flexibility index (Phi) is 7.40. The van der Waals surface area contributed by atoms with E-state index in [9.17, 15) is 8.78 Å². The van der Waals surface area contributed by atoms with Gasteiger partial charge in [-0.25, -0.2) is 13.2 Å². The zero-order valence-corrected chi connectivity index (χ0v) is 19.4. The molecule has 0 amide bonds. The van der Waals surface area contributed by atoms with Crippen LogP contribution in [0, 0.1) is 29.2 Å². The van der Waals surface area contributed by atoms with E-state index in [-0.39, 0.29) is 29.2 Å². The van der Waals surface area contributed by atoms with Crippen molar-refractivity contribution in [1.82, 2.24) is 0 Å². The van der Waals surface area contributed by atoms with Gasteiger partial charge in [0.15, 0.2) is 23.2 Å². The van der Waals surface area contributed by atoms with Gasteiger partial charge in [0.25, 0.3) is 0 Å². The summed E-state index contributed by atoms with van der Waals surface area (Å²) >= 11 is 0. The highest BCUT2D eigenvalue weighted by atomic mass is 19.2. The van der Waals surface area contributed by atoms with Gasteiger partial charge in [-0.3, -0.25) is 0 Å². The summed E-state index contributed by atoms with van der Waals surface area (Å²) in [6.45, 7) is 2.00. The summed E-state index contributed by atoms with van der Waals surface area (Å²) in [4.78, 5) is 0. The van der Waals surface area contributed by atoms with E-state index in [1.54, 1.807) is 36.4 Å². The highest BCUT2D eigenvalue weighted by Crippen LogP contribution is 2.39. The van der Waals surface area contributed by atoms with Gasteiger partial charge in [0.1, 0.15) is 0 Å². The lowest BCUT2D eigenvalue weighted by Gasteiger charge is -2.27. The quantitative estimate of drug-likeness (QED) is 0.261. The lowest BCUT2D eigenvalue weighted by molar-refractivity contribution is 0.364. The Morgan fingerprint density at radius 1 is 0.794 bits per heavy atom. The van der Waals surface area contributed by atoms with E-state index >= 15 is 8.78 Å². The monoisotopic (exact) mass is 468 g/mol. The molecular formula is C29H28F4O. The standard InChI is InChI=1S/C29H28F4O/c1-3-4-18-5-9-20(10-6-18)23-14-15-24(28(32)27(23)31)21-11-7-19(8-12-21)17-22-13-16-25(34-2)29(33)26(22)30/h3-4,7-8,11-16,18,20H,5-6,9-10,17H2,1-2H3/b4-3+. The third-order valence-electron chi connectivity index (χ3n) is 6.79. The maximum Gasteiger partial charge on any atom is 0.200 e. The Balaban J connectivity index is 1.51. The summed E-state index contributed by atoms with van der Waals surface area (Å²) in [6.07, 6.45) is 8.08. The van der Waals surface area contributed by atoms with Gasteiger partial charge in [-0.05, 0) is 72.8 Å². The first-order valence-corrected chi connectivity index (χ1v) is 11.6. The van der Waals surface area contributed by atoms with Crippen LogP contribution in [0.1, 0.15) is 55.2 Å². The summed E-state index contributed by atoms with van der Waals surface area (Å²) in [5.41, 5.74) is 2.09. The van der Waals surface area contributed by atoms with E-state index in [0.717, 1.165) is 31.2 Å². The second-order valence-electron chi connectivity index (χ2n) is 8.90. The number of hydrogen-bond donors (Lipinski definition) is 0. The average molecular weight is 469 g/mol. The fourth-order valence-electron chi connectivity index (χ4n) is 4.89. The maximum absolute atomic E-state index is 15.0. The molecule has 3 aromatic rings. The summed E-state index contributed by atoms with van der Waals surface area (Å²) in [5, 5.41) is 0. The summed E-state index contributed by atoms with van der Waals surface area (Å²) in [5.74, 6) is -3.18. The Bertz CT molecular complexity index is 1180. The van der Waals surface area contributed by atoms with Crippen molar-refractivity contribution in [2.75, 3.05) is 7.11 Å². The van der Waals surface area contributed by atoms with Gasteiger partial charge < -0.3 is 4.74 Å². The zero-order valence-electron chi connectivity index (χ0n) is 19.4. The van der Waals surface area contributed by atoms with Crippen LogP contribution < -0.4 is 4.74 Å². The fraction of sp³-hybridized carbons (Fsp3) is 0.310. The molecule has 0 atom stereocenters. The highest BCUT2D eigenvalue weighted by molar-refractivity contribution is 5.65. The number of hydrogen-bond acceptors (Lipinski definition) is 1. The van der Waals surface area contributed by atoms with Gasteiger partial charge in [0.2, 0.25) is 5.82 Å². The topological polar surface area (TPSA) is 9.23 Å². The molecule has 0 spiro atoms. The Morgan fingerprint density at radius 2 is 1.50 bits per heavy atom. The highest BCUT2D eigenvalue weighted by Gasteiger charge is 2.25. The SMILES string of the molecule is C/C=C/C1CCC(c2ccc(-c3ccc(Cc4ccc(OC)c(F)c4F)cc3)c(F)c2F)CC1. The van der Waals surface area contributed by atoms with E-state index < -0.39 is 23.3 Å². The molecule has 0 aliphatic heterocycles. The molecule has 0 bridgehead atoms. The number of methoxy groups -OCH3 is 1. The molecule has 0 radical (unpaired) electrons. The Labute approximate surface area is 198 Å². The molecule has 1 fully saturated rings. The van der Waals surface area contributed by atoms with E-state index in [2.05, 4.69) is 12.2 Å². The van der Waals surface area contributed by atoms with Crippen LogP contribution >= 0.6 is 0 Å². The average Bonchev–Trinajstić information content (AvgIpc) is 2.85. The van der Waals surface area contributed by atoms with E-state index in [1.165, 1.54) is 19.2 Å². The van der Waals surface area contributed by atoms with E-state index in [1.807, 2.05) is 6.92 Å². The first kappa shape index (κ1) is 24.1. The molecule has 1 saturated carbocycles. The zero-order chi connectivity index (χ0) is 24.2. The van der Waals surface area contributed by atoms with Crippen molar-refractivity contribution in [3.63, 3.8) is 0 Å². The first-order chi connectivity index (χ1) is 16.4. The molecule has 3 aromatic carbocycles. The normalized spacial score (nSPS) is 18.4. The number of halogens is 4. The van der Waals surface area contributed by atoms with Gasteiger partial charge in [-0.1, -0.05) is 54.6 Å². The molecule has 0 N–H and O–H groups in total. The van der Waals surface area contributed by atoms with Crippen LogP contribution in [0.25, 0.3) is 11.1 Å². The number of rotatable bonds is 6. The molecule has 178 valence electrons. The van der Waals surface area contributed by atoms with Crippen LogP contribution in [-0.2, 0) is 6.42 Å². The number of ether oxygens (including phenoxy) is 1. The van der Waals surface area contributed by atoms with Crippen molar-refractivity contribution in [2.24, 2.45) is 5.92 Å². The van der Waals surface area contributed by atoms with Crippen LogP contribution in [-0.4, -0.2) is 7.11 Å². The van der Waals surface area contributed by atoms with Crippen LogP contribution in [0.5, 0.6) is 5.75 Å². The largest absolute Gasteiger partial charge is 0.494 e. The molecule has 0 unspecified atom stereocenters. The lowest BCUT2D eigenvalue weighted by atomic mass is 9.78. The minimum Gasteiger partial charge on any atom is -0.494 e. The van der Waals surface area contributed by atoms with Crippen LogP contribution in [0.2, 0.25) is 0 Å². The second-order valence-corrected chi connectivity index (χ2v) is 8.90. The Morgan fingerprint density at radius 3 is 2.15 bits per heavy atom. The molecule has 5 heteroatoms. The molecule has 0 heterocycles. The minimum absolute atomic E-state index is 0.0345. The lowest BCUT2D eigenvalue weighted by Crippen LogP contribution is -2.13. The van der Waals surface area contributed by atoms with Gasteiger partial charge >= 0.3 is 0 Å². The summed E-state index contributed by atoms with van der Waals surface area (Å²) < 4.78 is 63.1. The maximum atomic E-state index is 15.0. The summed E-state index contributed by atoms with van der Waals surface area (Å²) in [6, 6.07) is 13.0. The van der Waals surface area contributed by atoms with Crippen LogP contribution in [0.3, 0.4) is 0 Å². The molecular weight excluding hydrogens is 440 g/mol. The predicted octanol–water partition coefficient (Wildman–Crippen LogP) is 8.36. The van der Waals surface area contributed by atoms with E-state index in [4.69, 9.17) is 4.74 Å². The third-order valence-corrected chi connectivity index (χ3v) is 6.79. The number of benzene rings is 3. The fourth-order valence-corrected chi connectivity index (χ4v) is 4.89. The molecule has 0 aromatic heterocycles. The van der Waals surface area contributed by atoms with Crippen molar-refractivity contribution in [3.8, 4) is 16.9 Å².